The van der Waals surface area contributed by atoms with E-state index in [1.165, 1.54) is 6.92 Å². The van der Waals surface area contributed by atoms with Gasteiger partial charge >= 0.3 is 5.97 Å². The minimum Gasteiger partial charge on any atom is -0.478 e. The lowest BCUT2D eigenvalue weighted by atomic mass is 10.4. The third-order valence-corrected chi connectivity index (χ3v) is 0.337. The van der Waals surface area contributed by atoms with Gasteiger partial charge in [-0.1, -0.05) is 6.55 Å². The molecule has 6 heavy (non-hydrogen) atoms. The van der Waals surface area contributed by atoms with Crippen LogP contribution in [0.15, 0.2) is 12.1 Å². The fourth-order valence-corrected chi connectivity index (χ4v) is 0. The fraction of sp³-hybridized carbons (Fsp3) is 0.250. The molecule has 2 nitrogen and oxygen atoms in total. The van der Waals surface area contributed by atoms with Crippen LogP contribution in [-0.4, -0.2) is 11.1 Å². The maximum absolute atomic E-state index is 9.74. The van der Waals surface area contributed by atoms with Crippen molar-refractivity contribution in [3.63, 3.8) is 0 Å². The highest BCUT2D eigenvalue weighted by atomic mass is 16.4. The van der Waals surface area contributed by atoms with E-state index in [0.717, 1.165) is 6.55 Å². The number of carboxylic acid groups (broad SMARTS) is 1. The van der Waals surface area contributed by atoms with Gasteiger partial charge in [0.2, 0.25) is 0 Å². The van der Waals surface area contributed by atoms with Gasteiger partial charge in [0.25, 0.3) is 0 Å². The van der Waals surface area contributed by atoms with E-state index in [1.807, 2.05) is 0 Å². The fourth-order valence-electron chi connectivity index (χ4n) is 0. The van der Waals surface area contributed by atoms with Crippen molar-refractivity contribution in [3.05, 3.63) is 12.1 Å². The van der Waals surface area contributed by atoms with Crippen LogP contribution in [0.3, 0.4) is 0 Å². The second kappa shape index (κ2) is 1.60. The lowest BCUT2D eigenvalue weighted by Gasteiger charge is -1.79. The average molecular weight is 87.1 g/mol. The molecule has 0 aromatic heterocycles. The van der Waals surface area contributed by atoms with E-state index in [-0.39, 0.29) is 5.57 Å². The summed E-state index contributed by atoms with van der Waals surface area (Å²) in [5.41, 5.74) is 0.0556. The number of carboxylic acids is 1. The molecule has 0 aliphatic rings. The Morgan fingerprint density at radius 2 is 2.67 bits per heavy atom. The molecular weight excluding hydrogens is 80.0 g/mol. The monoisotopic (exact) mass is 87.0 g/mol. The summed E-state index contributed by atoms with van der Waals surface area (Å²) in [4.78, 5) is 9.74. The summed E-state index contributed by atoms with van der Waals surface area (Å²) >= 11 is 0. The highest BCUT2D eigenvalue weighted by molar-refractivity contribution is 5.84. The Bertz CT molecular complexity index is 106. The van der Waals surface area contributed by atoms with E-state index in [2.05, 4.69) is 0 Å². The van der Waals surface area contributed by atoms with Crippen molar-refractivity contribution in [2.24, 2.45) is 0 Å². The number of hydrogen-bond donors (Lipinski definition) is 1. The Labute approximate surface area is 37.5 Å². The minimum absolute atomic E-state index is 0.0556. The zero-order valence-corrected chi connectivity index (χ0v) is 3.43. The molecule has 0 amide bonds. The van der Waals surface area contributed by atoms with Gasteiger partial charge in [0.15, 0.2) is 0 Å². The van der Waals surface area contributed by atoms with Crippen molar-refractivity contribution in [3.8, 4) is 0 Å². The van der Waals surface area contributed by atoms with Crippen LogP contribution in [-0.2, 0) is 4.79 Å². The molecule has 0 aliphatic carbocycles. The maximum Gasteiger partial charge on any atom is 0.330 e. The standard InChI is InChI=1S/C4H6O2/c1-3(2)4(5)6/h1H2,2H3,(H,5,6)/i1D/b3-1-. The van der Waals surface area contributed by atoms with Crippen molar-refractivity contribution in [1.29, 1.82) is 0 Å². The molecule has 34 valence electrons. The topological polar surface area (TPSA) is 37.3 Å². The van der Waals surface area contributed by atoms with E-state index >= 15 is 0 Å². The first kappa shape index (κ1) is 3.40. The highest BCUT2D eigenvalue weighted by Gasteiger charge is 1.90. The van der Waals surface area contributed by atoms with Crippen LogP contribution < -0.4 is 0 Å². The van der Waals surface area contributed by atoms with Crippen molar-refractivity contribution >= 4 is 5.97 Å². The van der Waals surface area contributed by atoms with Gasteiger partial charge in [-0.2, -0.15) is 0 Å². The van der Waals surface area contributed by atoms with E-state index in [0.29, 0.717) is 0 Å². The molecule has 0 fully saturated rings. The van der Waals surface area contributed by atoms with Gasteiger partial charge in [-0.25, -0.2) is 4.79 Å². The SMILES string of the molecule is [2H]/C=C(/C)C(=O)O. The minimum atomic E-state index is -1.03. The van der Waals surface area contributed by atoms with Crippen LogP contribution >= 0.6 is 0 Å². The van der Waals surface area contributed by atoms with Crippen LogP contribution in [0.1, 0.15) is 8.29 Å². The van der Waals surface area contributed by atoms with Crippen LogP contribution in [0.25, 0.3) is 0 Å². The number of carbonyl (C=O) groups is 1. The molecule has 1 N–H and O–H groups in total. The van der Waals surface area contributed by atoms with Gasteiger partial charge in [0.1, 0.15) is 0 Å². The summed E-state index contributed by atoms with van der Waals surface area (Å²) in [5.74, 6) is -1.03. The predicted octanol–water partition coefficient (Wildman–Crippen LogP) is 0.647. The second-order valence-corrected chi connectivity index (χ2v) is 0.988. The number of aliphatic carboxylic acids is 1. The third-order valence-electron chi connectivity index (χ3n) is 0.337. The lowest BCUT2D eigenvalue weighted by molar-refractivity contribution is -0.132. The number of hydrogen-bond acceptors (Lipinski definition) is 1. The van der Waals surface area contributed by atoms with Gasteiger partial charge in [0, 0.05) is 5.57 Å². The quantitative estimate of drug-likeness (QED) is 0.477. The molecule has 0 heterocycles. The van der Waals surface area contributed by atoms with Crippen LogP contribution in [0.5, 0.6) is 0 Å². The van der Waals surface area contributed by atoms with Crippen molar-refractivity contribution in [2.75, 3.05) is 0 Å². The molecule has 0 aliphatic heterocycles. The number of rotatable bonds is 1. The van der Waals surface area contributed by atoms with E-state index in [9.17, 15) is 4.79 Å². The molecule has 0 saturated heterocycles. The molecule has 0 aromatic rings. The summed E-state index contributed by atoms with van der Waals surface area (Å²) in [6.45, 7) is 2.18. The normalized spacial score (nSPS) is 13.5. The van der Waals surface area contributed by atoms with Crippen molar-refractivity contribution < 1.29 is 11.3 Å². The molecule has 0 aromatic carbocycles. The Morgan fingerprint density at radius 3 is 2.67 bits per heavy atom. The zero-order chi connectivity index (χ0) is 5.86. The van der Waals surface area contributed by atoms with Gasteiger partial charge in [0.05, 0.1) is 1.37 Å². The van der Waals surface area contributed by atoms with Crippen LogP contribution in [0, 0.1) is 0 Å². The molecule has 0 radical (unpaired) electrons. The van der Waals surface area contributed by atoms with Gasteiger partial charge in [-0.3, -0.25) is 0 Å². The molecule has 0 bridgehead atoms. The average Bonchev–Trinajstić information content (AvgIpc) is 1.65. The first-order valence-electron chi connectivity index (χ1n) is 2.04. The first-order valence-corrected chi connectivity index (χ1v) is 1.47. The maximum atomic E-state index is 9.74. The van der Waals surface area contributed by atoms with Crippen molar-refractivity contribution in [2.45, 2.75) is 6.92 Å². The van der Waals surface area contributed by atoms with Crippen LogP contribution in [0.2, 0.25) is 0 Å². The van der Waals surface area contributed by atoms with Gasteiger partial charge in [-0.15, -0.1) is 0 Å². The molecule has 0 rings (SSSR count). The molecule has 0 spiro atoms. The third kappa shape index (κ3) is 1.52. The van der Waals surface area contributed by atoms with Gasteiger partial charge in [-0.05, 0) is 6.92 Å². The highest BCUT2D eigenvalue weighted by Crippen LogP contribution is 1.81. The summed E-state index contributed by atoms with van der Waals surface area (Å²) in [7, 11) is 0. The second-order valence-electron chi connectivity index (χ2n) is 0.988. The molecule has 0 unspecified atom stereocenters. The van der Waals surface area contributed by atoms with E-state index in [4.69, 9.17) is 6.48 Å². The smallest absolute Gasteiger partial charge is 0.330 e. The Hall–Kier alpha value is -0.790. The van der Waals surface area contributed by atoms with Gasteiger partial charge < -0.3 is 5.11 Å². The molecular formula is C4H6O2. The summed E-state index contributed by atoms with van der Waals surface area (Å²) in [6.07, 6.45) is 0. The van der Waals surface area contributed by atoms with Crippen molar-refractivity contribution in [1.82, 2.24) is 0 Å². The predicted molar refractivity (Wildman–Crippen MR) is 22.4 cm³/mol. The Balaban J connectivity index is 3.82. The van der Waals surface area contributed by atoms with Crippen LogP contribution in [0.4, 0.5) is 0 Å². The Kier molecular flexibility index (Phi) is 0.906. The first-order chi connectivity index (χ1) is 3.18. The zero-order valence-electron chi connectivity index (χ0n) is 4.43. The summed E-state index contributed by atoms with van der Waals surface area (Å²) in [6, 6.07) is 0. The van der Waals surface area contributed by atoms with E-state index in [1.54, 1.807) is 0 Å². The molecule has 0 atom stereocenters. The Morgan fingerprint density at radius 1 is 2.17 bits per heavy atom. The summed E-state index contributed by atoms with van der Waals surface area (Å²) in [5, 5.41) is 7.99. The molecule has 2 heteroatoms. The lowest BCUT2D eigenvalue weighted by Crippen LogP contribution is -1.92. The largest absolute Gasteiger partial charge is 0.478 e. The molecule has 0 saturated carbocycles. The van der Waals surface area contributed by atoms with E-state index < -0.39 is 5.97 Å². The summed E-state index contributed by atoms with van der Waals surface area (Å²) < 4.78 is 6.40.